The number of carbonyl (C=O) groups excluding carboxylic acids is 1. The van der Waals surface area contributed by atoms with E-state index in [4.69, 9.17) is 0 Å². The standard InChI is InChI=1S/C12H16N2O2/c1-3-7-13-8-11(15)14-10-6-4-5-9(2)12(10)16/h3-6,13,16H,1,7-8H2,2H3,(H,14,15). The third kappa shape index (κ3) is 3.40. The molecule has 0 heterocycles. The van der Waals surface area contributed by atoms with Crippen LogP contribution in [0.5, 0.6) is 5.75 Å². The molecule has 3 N–H and O–H groups in total. The van der Waals surface area contributed by atoms with Crippen molar-refractivity contribution in [3.63, 3.8) is 0 Å². The molecule has 1 aromatic rings. The number of aromatic hydroxyl groups is 1. The largest absolute Gasteiger partial charge is 0.505 e. The first-order valence-electron chi connectivity index (χ1n) is 5.05. The van der Waals surface area contributed by atoms with E-state index in [0.717, 1.165) is 5.56 Å². The monoisotopic (exact) mass is 220 g/mol. The zero-order valence-electron chi connectivity index (χ0n) is 9.29. The number of hydrogen-bond acceptors (Lipinski definition) is 3. The fourth-order valence-corrected chi connectivity index (χ4v) is 1.24. The Hall–Kier alpha value is -1.81. The molecule has 0 radical (unpaired) electrons. The van der Waals surface area contributed by atoms with Gasteiger partial charge in [0.2, 0.25) is 5.91 Å². The van der Waals surface area contributed by atoms with E-state index in [9.17, 15) is 9.90 Å². The number of phenols is 1. The molecule has 0 aliphatic carbocycles. The molecule has 0 aliphatic rings. The summed E-state index contributed by atoms with van der Waals surface area (Å²) in [5.74, 6) is -0.0812. The van der Waals surface area contributed by atoms with Crippen LogP contribution < -0.4 is 10.6 Å². The van der Waals surface area contributed by atoms with Gasteiger partial charge >= 0.3 is 0 Å². The summed E-state index contributed by atoms with van der Waals surface area (Å²) in [7, 11) is 0. The SMILES string of the molecule is C=CCNCC(=O)Nc1cccc(C)c1O. The van der Waals surface area contributed by atoms with Crippen LogP contribution in [0.1, 0.15) is 5.56 Å². The van der Waals surface area contributed by atoms with Crippen molar-refractivity contribution in [3.05, 3.63) is 36.4 Å². The summed E-state index contributed by atoms with van der Waals surface area (Å²) in [6.07, 6.45) is 1.68. The van der Waals surface area contributed by atoms with Gasteiger partial charge in [0, 0.05) is 6.54 Å². The first-order valence-corrected chi connectivity index (χ1v) is 5.05. The van der Waals surface area contributed by atoms with Gasteiger partial charge in [0.15, 0.2) is 0 Å². The zero-order valence-corrected chi connectivity index (χ0v) is 9.29. The predicted molar refractivity (Wildman–Crippen MR) is 64.5 cm³/mol. The molecule has 0 atom stereocenters. The third-order valence-electron chi connectivity index (χ3n) is 2.09. The first-order chi connectivity index (χ1) is 7.65. The number of para-hydroxylation sites is 1. The van der Waals surface area contributed by atoms with Gasteiger partial charge in [0.25, 0.3) is 0 Å². The number of carbonyl (C=O) groups is 1. The minimum atomic E-state index is -0.192. The molecular weight excluding hydrogens is 204 g/mol. The lowest BCUT2D eigenvalue weighted by Crippen LogP contribution is -2.28. The van der Waals surface area contributed by atoms with Gasteiger partial charge < -0.3 is 15.7 Å². The highest BCUT2D eigenvalue weighted by atomic mass is 16.3. The normalized spacial score (nSPS) is 9.81. The van der Waals surface area contributed by atoms with Crippen molar-refractivity contribution in [2.75, 3.05) is 18.4 Å². The van der Waals surface area contributed by atoms with Crippen LogP contribution in [0.4, 0.5) is 5.69 Å². The van der Waals surface area contributed by atoms with Crippen LogP contribution in [-0.2, 0) is 4.79 Å². The second kappa shape index (κ2) is 5.92. The van der Waals surface area contributed by atoms with E-state index in [0.29, 0.717) is 12.2 Å². The fraction of sp³-hybridized carbons (Fsp3) is 0.250. The van der Waals surface area contributed by atoms with Gasteiger partial charge in [-0.2, -0.15) is 0 Å². The molecule has 0 spiro atoms. The van der Waals surface area contributed by atoms with Crippen LogP contribution in [-0.4, -0.2) is 24.1 Å². The van der Waals surface area contributed by atoms with Crippen molar-refractivity contribution in [3.8, 4) is 5.75 Å². The van der Waals surface area contributed by atoms with Crippen LogP contribution >= 0.6 is 0 Å². The first kappa shape index (κ1) is 12.3. The van der Waals surface area contributed by atoms with Gasteiger partial charge in [-0.15, -0.1) is 6.58 Å². The van der Waals surface area contributed by atoms with Gasteiger partial charge in [-0.1, -0.05) is 18.2 Å². The van der Waals surface area contributed by atoms with Crippen molar-refractivity contribution < 1.29 is 9.90 Å². The van der Waals surface area contributed by atoms with Crippen LogP contribution in [0.25, 0.3) is 0 Å². The maximum absolute atomic E-state index is 11.4. The van der Waals surface area contributed by atoms with Gasteiger partial charge in [-0.05, 0) is 18.6 Å². The Bertz CT molecular complexity index is 389. The topological polar surface area (TPSA) is 61.4 Å². The summed E-state index contributed by atoms with van der Waals surface area (Å²) in [6, 6.07) is 5.22. The Kier molecular flexibility index (Phi) is 4.54. The smallest absolute Gasteiger partial charge is 0.238 e. The maximum atomic E-state index is 11.4. The second-order valence-corrected chi connectivity index (χ2v) is 3.44. The van der Waals surface area contributed by atoms with Crippen molar-refractivity contribution in [2.24, 2.45) is 0 Å². The number of anilines is 1. The van der Waals surface area contributed by atoms with Crippen LogP contribution in [0.15, 0.2) is 30.9 Å². The second-order valence-electron chi connectivity index (χ2n) is 3.44. The number of amides is 1. The van der Waals surface area contributed by atoms with Crippen LogP contribution in [0.3, 0.4) is 0 Å². The average molecular weight is 220 g/mol. The number of nitrogens with one attached hydrogen (secondary N) is 2. The molecule has 1 rings (SSSR count). The van der Waals surface area contributed by atoms with Crippen molar-refractivity contribution in [2.45, 2.75) is 6.92 Å². The molecule has 0 unspecified atom stereocenters. The summed E-state index contributed by atoms with van der Waals surface area (Å²) < 4.78 is 0. The fourth-order valence-electron chi connectivity index (χ4n) is 1.24. The number of rotatable bonds is 5. The van der Waals surface area contributed by atoms with Crippen LogP contribution in [0.2, 0.25) is 0 Å². The van der Waals surface area contributed by atoms with Gasteiger partial charge in [-0.25, -0.2) is 0 Å². The summed E-state index contributed by atoms with van der Waals surface area (Å²) in [5, 5.41) is 15.2. The zero-order chi connectivity index (χ0) is 12.0. The minimum Gasteiger partial charge on any atom is -0.505 e. The van der Waals surface area contributed by atoms with E-state index in [1.807, 2.05) is 0 Å². The predicted octanol–water partition coefficient (Wildman–Crippen LogP) is 1.41. The highest BCUT2D eigenvalue weighted by Crippen LogP contribution is 2.26. The quantitative estimate of drug-likeness (QED) is 0.399. The van der Waals surface area contributed by atoms with E-state index in [1.54, 1.807) is 31.2 Å². The summed E-state index contributed by atoms with van der Waals surface area (Å²) >= 11 is 0. The number of aryl methyl sites for hydroxylation is 1. The summed E-state index contributed by atoms with van der Waals surface area (Å²) in [4.78, 5) is 11.4. The Labute approximate surface area is 95.0 Å². The Morgan fingerprint density at radius 3 is 3.00 bits per heavy atom. The third-order valence-corrected chi connectivity index (χ3v) is 2.09. The molecule has 86 valence electrons. The molecule has 4 nitrogen and oxygen atoms in total. The van der Waals surface area contributed by atoms with Gasteiger partial charge in [0.1, 0.15) is 5.75 Å². The lowest BCUT2D eigenvalue weighted by atomic mass is 10.2. The molecule has 0 saturated carbocycles. The molecule has 0 bridgehead atoms. The van der Waals surface area contributed by atoms with E-state index in [1.165, 1.54) is 0 Å². The number of hydrogen-bond donors (Lipinski definition) is 3. The minimum absolute atomic E-state index is 0.111. The molecule has 1 aromatic carbocycles. The lowest BCUT2D eigenvalue weighted by Gasteiger charge is -2.08. The average Bonchev–Trinajstić information content (AvgIpc) is 2.25. The van der Waals surface area contributed by atoms with E-state index in [2.05, 4.69) is 17.2 Å². The molecule has 4 heteroatoms. The van der Waals surface area contributed by atoms with Gasteiger partial charge in [0.05, 0.1) is 12.2 Å². The Morgan fingerprint density at radius 2 is 2.31 bits per heavy atom. The maximum Gasteiger partial charge on any atom is 0.238 e. The highest BCUT2D eigenvalue weighted by molar-refractivity contribution is 5.93. The Morgan fingerprint density at radius 1 is 1.56 bits per heavy atom. The van der Waals surface area contributed by atoms with E-state index < -0.39 is 0 Å². The number of benzene rings is 1. The Balaban J connectivity index is 2.56. The van der Waals surface area contributed by atoms with E-state index >= 15 is 0 Å². The molecule has 16 heavy (non-hydrogen) atoms. The van der Waals surface area contributed by atoms with E-state index in [-0.39, 0.29) is 18.2 Å². The molecular formula is C12H16N2O2. The lowest BCUT2D eigenvalue weighted by molar-refractivity contribution is -0.115. The highest BCUT2D eigenvalue weighted by Gasteiger charge is 2.06. The molecule has 0 aromatic heterocycles. The molecule has 0 fully saturated rings. The van der Waals surface area contributed by atoms with Crippen LogP contribution in [0, 0.1) is 6.92 Å². The van der Waals surface area contributed by atoms with Crippen molar-refractivity contribution in [1.29, 1.82) is 0 Å². The molecule has 0 saturated heterocycles. The molecule has 0 aliphatic heterocycles. The van der Waals surface area contributed by atoms with Gasteiger partial charge in [-0.3, -0.25) is 4.79 Å². The summed E-state index contributed by atoms with van der Waals surface area (Å²) in [5.41, 5.74) is 1.17. The van der Waals surface area contributed by atoms with Crippen molar-refractivity contribution in [1.82, 2.24) is 5.32 Å². The number of phenolic OH excluding ortho intramolecular Hbond substituents is 1. The van der Waals surface area contributed by atoms with Crippen molar-refractivity contribution >= 4 is 11.6 Å². The summed E-state index contributed by atoms with van der Waals surface area (Å²) in [6.45, 7) is 6.08. The molecule has 1 amide bonds.